The average Bonchev–Trinajstić information content (AvgIpc) is 3.05. The number of likely N-dealkylation sites (tertiary alicyclic amines) is 1. The van der Waals surface area contributed by atoms with Crippen molar-refractivity contribution >= 4 is 11.6 Å². The van der Waals surface area contributed by atoms with Gasteiger partial charge in [0.05, 0.1) is 0 Å². The van der Waals surface area contributed by atoms with Crippen LogP contribution in [0.1, 0.15) is 25.3 Å². The molecule has 0 saturated carbocycles. The summed E-state index contributed by atoms with van der Waals surface area (Å²) in [6, 6.07) is 4.59. The molecule has 1 aliphatic rings. The van der Waals surface area contributed by atoms with Crippen molar-refractivity contribution < 1.29 is 0 Å². The quantitative estimate of drug-likeness (QED) is 0.911. The Morgan fingerprint density at radius 1 is 1.37 bits per heavy atom. The lowest BCUT2D eigenvalue weighted by atomic mass is 10.3. The maximum absolute atomic E-state index is 4.53. The Morgan fingerprint density at radius 2 is 2.16 bits per heavy atom. The van der Waals surface area contributed by atoms with Crippen LogP contribution in [0.4, 0.5) is 5.95 Å². The minimum atomic E-state index is 0.537. The SMILES string of the molecule is Cc1cccn2nc(NCC(C)N3CCCC3)nc12. The van der Waals surface area contributed by atoms with Crippen molar-refractivity contribution in [1.29, 1.82) is 0 Å². The highest BCUT2D eigenvalue weighted by Crippen LogP contribution is 2.13. The molecule has 0 radical (unpaired) electrons. The number of pyridine rings is 1. The summed E-state index contributed by atoms with van der Waals surface area (Å²) in [7, 11) is 0. The van der Waals surface area contributed by atoms with E-state index in [2.05, 4.69) is 40.2 Å². The molecule has 102 valence electrons. The third-order valence-corrected chi connectivity index (χ3v) is 3.88. The smallest absolute Gasteiger partial charge is 0.243 e. The molecule has 1 saturated heterocycles. The van der Waals surface area contributed by atoms with Gasteiger partial charge in [0.2, 0.25) is 5.95 Å². The zero-order valence-corrected chi connectivity index (χ0v) is 11.6. The summed E-state index contributed by atoms with van der Waals surface area (Å²) >= 11 is 0. The molecule has 1 aliphatic heterocycles. The molecule has 19 heavy (non-hydrogen) atoms. The van der Waals surface area contributed by atoms with Gasteiger partial charge in [-0.25, -0.2) is 4.52 Å². The summed E-state index contributed by atoms with van der Waals surface area (Å²) in [5, 5.41) is 7.80. The number of hydrogen-bond donors (Lipinski definition) is 1. The Hall–Kier alpha value is -1.62. The molecule has 1 atom stereocenters. The van der Waals surface area contributed by atoms with Crippen molar-refractivity contribution in [3.05, 3.63) is 23.9 Å². The number of hydrogen-bond acceptors (Lipinski definition) is 4. The summed E-state index contributed by atoms with van der Waals surface area (Å²) in [6.45, 7) is 7.66. The van der Waals surface area contributed by atoms with E-state index in [4.69, 9.17) is 0 Å². The zero-order chi connectivity index (χ0) is 13.2. The number of fused-ring (bicyclic) bond motifs is 1. The summed E-state index contributed by atoms with van der Waals surface area (Å²) in [5.41, 5.74) is 2.08. The first kappa shape index (κ1) is 12.4. The molecule has 3 rings (SSSR count). The van der Waals surface area contributed by atoms with Gasteiger partial charge in [0, 0.05) is 18.8 Å². The second-order valence-electron chi connectivity index (χ2n) is 5.37. The summed E-state index contributed by atoms with van der Waals surface area (Å²) in [5.74, 6) is 0.723. The van der Waals surface area contributed by atoms with Crippen molar-refractivity contribution in [2.24, 2.45) is 0 Å². The summed E-state index contributed by atoms with van der Waals surface area (Å²) in [4.78, 5) is 7.05. The highest BCUT2D eigenvalue weighted by atomic mass is 15.3. The minimum absolute atomic E-state index is 0.537. The number of aryl methyl sites for hydroxylation is 1. The number of rotatable bonds is 4. The molecule has 1 fully saturated rings. The highest BCUT2D eigenvalue weighted by Gasteiger charge is 2.18. The average molecular weight is 259 g/mol. The molecule has 5 heteroatoms. The molecule has 0 amide bonds. The minimum Gasteiger partial charge on any atom is -0.351 e. The fourth-order valence-corrected chi connectivity index (χ4v) is 2.66. The van der Waals surface area contributed by atoms with Crippen molar-refractivity contribution in [3.63, 3.8) is 0 Å². The van der Waals surface area contributed by atoms with Gasteiger partial charge in [-0.05, 0) is 51.4 Å². The lowest BCUT2D eigenvalue weighted by molar-refractivity contribution is 0.269. The molecule has 2 aromatic rings. The van der Waals surface area contributed by atoms with E-state index in [9.17, 15) is 0 Å². The molecular formula is C14H21N5. The van der Waals surface area contributed by atoms with Gasteiger partial charge in [0.15, 0.2) is 5.65 Å². The zero-order valence-electron chi connectivity index (χ0n) is 11.6. The standard InChI is InChI=1S/C14H21N5/c1-11-6-5-9-19-13(11)16-14(17-19)15-10-12(2)18-7-3-4-8-18/h5-6,9,12H,3-4,7-8,10H2,1-2H3,(H,15,17). The third kappa shape index (κ3) is 2.56. The first-order valence-electron chi connectivity index (χ1n) is 7.04. The van der Waals surface area contributed by atoms with Gasteiger partial charge in [-0.15, -0.1) is 5.10 Å². The largest absolute Gasteiger partial charge is 0.351 e. The molecule has 0 aromatic carbocycles. The van der Waals surface area contributed by atoms with Crippen LogP contribution in [-0.4, -0.2) is 45.2 Å². The maximum atomic E-state index is 4.53. The van der Waals surface area contributed by atoms with Gasteiger partial charge in [0.1, 0.15) is 0 Å². The molecule has 5 nitrogen and oxygen atoms in total. The van der Waals surface area contributed by atoms with E-state index in [-0.39, 0.29) is 0 Å². The molecule has 0 aliphatic carbocycles. The molecule has 0 spiro atoms. The normalized spacial score (nSPS) is 18.0. The van der Waals surface area contributed by atoms with Crippen LogP contribution >= 0.6 is 0 Å². The molecule has 3 heterocycles. The monoisotopic (exact) mass is 259 g/mol. The van der Waals surface area contributed by atoms with Crippen LogP contribution in [0.5, 0.6) is 0 Å². The molecule has 1 unspecified atom stereocenters. The number of nitrogens with one attached hydrogen (secondary N) is 1. The van der Waals surface area contributed by atoms with E-state index < -0.39 is 0 Å². The predicted octanol–water partition coefficient (Wildman–Crippen LogP) is 1.93. The summed E-state index contributed by atoms with van der Waals surface area (Å²) in [6.07, 6.45) is 4.59. The third-order valence-electron chi connectivity index (χ3n) is 3.88. The lowest BCUT2D eigenvalue weighted by Crippen LogP contribution is -2.35. The summed E-state index contributed by atoms with van der Waals surface area (Å²) < 4.78 is 1.83. The lowest BCUT2D eigenvalue weighted by Gasteiger charge is -2.23. The second-order valence-corrected chi connectivity index (χ2v) is 5.37. The Bertz CT molecular complexity index is 556. The van der Waals surface area contributed by atoms with Crippen LogP contribution in [0.15, 0.2) is 18.3 Å². The van der Waals surface area contributed by atoms with Crippen molar-refractivity contribution in [1.82, 2.24) is 19.5 Å². The van der Waals surface area contributed by atoms with Crippen molar-refractivity contribution in [3.8, 4) is 0 Å². The van der Waals surface area contributed by atoms with E-state index in [1.165, 1.54) is 25.9 Å². The Labute approximate surface area is 113 Å². The number of nitrogens with zero attached hydrogens (tertiary/aromatic N) is 4. The van der Waals surface area contributed by atoms with Gasteiger partial charge < -0.3 is 5.32 Å². The van der Waals surface area contributed by atoms with Gasteiger partial charge in [0.25, 0.3) is 0 Å². The van der Waals surface area contributed by atoms with Gasteiger partial charge in [-0.3, -0.25) is 4.90 Å². The van der Waals surface area contributed by atoms with Crippen LogP contribution < -0.4 is 5.32 Å². The predicted molar refractivity (Wildman–Crippen MR) is 76.5 cm³/mol. The Balaban J connectivity index is 1.66. The Morgan fingerprint density at radius 3 is 2.89 bits per heavy atom. The van der Waals surface area contributed by atoms with E-state index in [0.29, 0.717) is 6.04 Å². The number of anilines is 1. The van der Waals surface area contributed by atoms with Crippen LogP contribution in [0.25, 0.3) is 5.65 Å². The molecule has 0 bridgehead atoms. The van der Waals surface area contributed by atoms with Gasteiger partial charge >= 0.3 is 0 Å². The van der Waals surface area contributed by atoms with Crippen LogP contribution in [0.3, 0.4) is 0 Å². The van der Waals surface area contributed by atoms with E-state index in [1.807, 2.05) is 16.8 Å². The molecule has 2 aromatic heterocycles. The van der Waals surface area contributed by atoms with E-state index in [1.54, 1.807) is 0 Å². The van der Waals surface area contributed by atoms with E-state index in [0.717, 1.165) is 23.7 Å². The Kier molecular flexibility index (Phi) is 3.38. The van der Waals surface area contributed by atoms with Gasteiger partial charge in [-0.1, -0.05) is 6.07 Å². The van der Waals surface area contributed by atoms with E-state index >= 15 is 0 Å². The highest BCUT2D eigenvalue weighted by molar-refractivity contribution is 5.49. The first-order chi connectivity index (χ1) is 9.24. The first-order valence-corrected chi connectivity index (χ1v) is 7.04. The fraction of sp³-hybridized carbons (Fsp3) is 0.571. The number of aromatic nitrogens is 3. The molecular weight excluding hydrogens is 238 g/mol. The van der Waals surface area contributed by atoms with Gasteiger partial charge in [-0.2, -0.15) is 4.98 Å². The van der Waals surface area contributed by atoms with Crippen molar-refractivity contribution in [2.45, 2.75) is 32.7 Å². The fourth-order valence-electron chi connectivity index (χ4n) is 2.66. The topological polar surface area (TPSA) is 45.5 Å². The van der Waals surface area contributed by atoms with Crippen LogP contribution in [0.2, 0.25) is 0 Å². The molecule has 1 N–H and O–H groups in total. The van der Waals surface area contributed by atoms with Crippen molar-refractivity contribution in [2.75, 3.05) is 25.0 Å². The maximum Gasteiger partial charge on any atom is 0.243 e. The van der Waals surface area contributed by atoms with Crippen LogP contribution in [-0.2, 0) is 0 Å². The van der Waals surface area contributed by atoms with Crippen LogP contribution in [0, 0.1) is 6.92 Å². The second kappa shape index (κ2) is 5.17.